The van der Waals surface area contributed by atoms with Gasteiger partial charge in [0.1, 0.15) is 5.82 Å². The summed E-state index contributed by atoms with van der Waals surface area (Å²) in [5, 5.41) is 2.27. The molecule has 72 heavy (non-hydrogen) atoms. The van der Waals surface area contributed by atoms with Crippen LogP contribution >= 0.6 is 0 Å². The Labute approximate surface area is 447 Å². The van der Waals surface area contributed by atoms with Gasteiger partial charge in [-0.25, -0.2) is 4.98 Å². The number of pyridine rings is 1. The van der Waals surface area contributed by atoms with E-state index in [4.69, 9.17) is 9.72 Å². The van der Waals surface area contributed by atoms with Gasteiger partial charge < -0.3 is 26.5 Å². The van der Waals surface area contributed by atoms with Crippen molar-refractivity contribution in [2.45, 2.75) is 150 Å². The van der Waals surface area contributed by atoms with Crippen LogP contribution in [0.2, 0.25) is 0 Å². The van der Waals surface area contributed by atoms with E-state index in [0.717, 1.165) is 45.0 Å². The van der Waals surface area contributed by atoms with Gasteiger partial charge in [0.05, 0.1) is 0 Å². The van der Waals surface area contributed by atoms with Gasteiger partial charge >= 0.3 is 21.1 Å². The molecule has 1 aliphatic rings. The Morgan fingerprint density at radius 3 is 1.67 bits per heavy atom. The number of rotatable bonds is 7. The molecule has 0 spiro atoms. The summed E-state index contributed by atoms with van der Waals surface area (Å²) in [4.78, 5) is 9.64. The molecule has 0 radical (unpaired) electrons. The Morgan fingerprint density at radius 2 is 1.06 bits per heavy atom. The summed E-state index contributed by atoms with van der Waals surface area (Å²) < 4.78 is 9.06. The maximum absolute atomic E-state index is 6.82. The fraction of sp³-hybridized carbons (Fsp3) is 0.348. The van der Waals surface area contributed by atoms with E-state index in [1.54, 1.807) is 0 Å². The molecule has 6 aromatic carbocycles. The second-order valence-electron chi connectivity index (χ2n) is 25.3. The van der Waals surface area contributed by atoms with Gasteiger partial charge in [-0.1, -0.05) is 172 Å². The molecule has 376 valence electrons. The van der Waals surface area contributed by atoms with E-state index < -0.39 is 0 Å². The standard InChI is InChI=1S/C65H73N4O.CH3.Pt/c1-60(2,3)43-26-29-55-52(35-43)51-28-27-50(38-56(51)69(55)59-36-44(30-31-66-59)61(4,5)6)70-49-25-21-24-47(37-49)67-41-68(58-40-54(64(13,14)15)53(39-57(58)67)63(10,11)12)48-33-45(62(7,8)9)32-46(34-48)65(16,17)42-22-19-18-20-23-42;;/h18-36,39-41H,1-17H3;1H3;/q-3;-1;+4. The minimum Gasteiger partial charge on any atom is -0.509 e. The first-order valence-electron chi connectivity index (χ1n) is 25.1. The van der Waals surface area contributed by atoms with Crippen molar-refractivity contribution in [2.75, 3.05) is 9.80 Å². The fourth-order valence-corrected chi connectivity index (χ4v) is 9.86. The molecule has 0 fully saturated rings. The maximum Gasteiger partial charge on any atom is 4.00 e. The Morgan fingerprint density at radius 1 is 0.472 bits per heavy atom. The van der Waals surface area contributed by atoms with Crippen molar-refractivity contribution in [3.05, 3.63) is 193 Å². The van der Waals surface area contributed by atoms with Crippen molar-refractivity contribution in [3.8, 4) is 17.3 Å². The second-order valence-corrected chi connectivity index (χ2v) is 25.3. The monoisotopic (exact) mass is 1140 g/mol. The van der Waals surface area contributed by atoms with Gasteiger partial charge in [-0.15, -0.1) is 48.1 Å². The van der Waals surface area contributed by atoms with Gasteiger partial charge in [-0.05, 0) is 114 Å². The van der Waals surface area contributed by atoms with Gasteiger partial charge in [0, 0.05) is 45.7 Å². The van der Waals surface area contributed by atoms with Crippen molar-refractivity contribution < 1.29 is 25.8 Å². The topological polar surface area (TPSA) is 33.5 Å². The van der Waals surface area contributed by atoms with Crippen LogP contribution in [0.25, 0.3) is 27.6 Å². The molecule has 0 saturated carbocycles. The number of nitrogens with zero attached hydrogens (tertiary/aromatic N) is 4. The average molecular weight is 1140 g/mol. The Balaban J connectivity index is 0.00000380. The molecule has 0 unspecified atom stereocenters. The molecule has 0 bridgehead atoms. The summed E-state index contributed by atoms with van der Waals surface area (Å²) in [7, 11) is 0. The van der Waals surface area contributed by atoms with Crippen LogP contribution in [0.3, 0.4) is 0 Å². The van der Waals surface area contributed by atoms with Gasteiger partial charge in [-0.2, -0.15) is 12.1 Å². The molecule has 0 N–H and O–H groups in total. The number of hydrogen-bond donors (Lipinski definition) is 0. The van der Waals surface area contributed by atoms with Gasteiger partial charge in [-0.3, -0.25) is 0 Å². The zero-order chi connectivity index (χ0) is 50.5. The molecule has 0 amide bonds. The van der Waals surface area contributed by atoms with Crippen molar-refractivity contribution in [1.82, 2.24) is 9.55 Å². The molecule has 2 aromatic heterocycles. The van der Waals surface area contributed by atoms with E-state index >= 15 is 0 Å². The first kappa shape index (κ1) is 54.1. The van der Waals surface area contributed by atoms with Crippen LogP contribution in [0.15, 0.2) is 128 Å². The number of benzene rings is 6. The normalized spacial score (nSPS) is 13.6. The Kier molecular flexibility index (Phi) is 14.3. The molecule has 0 saturated heterocycles. The molecule has 0 aliphatic carbocycles. The maximum atomic E-state index is 6.82. The van der Waals surface area contributed by atoms with E-state index in [1.165, 1.54) is 44.3 Å². The van der Waals surface area contributed by atoms with E-state index in [2.05, 4.69) is 260 Å². The first-order valence-corrected chi connectivity index (χ1v) is 25.1. The summed E-state index contributed by atoms with van der Waals surface area (Å²) in [6.45, 7) is 41.4. The van der Waals surface area contributed by atoms with Crippen LogP contribution in [0.4, 0.5) is 22.7 Å². The predicted molar refractivity (Wildman–Crippen MR) is 303 cm³/mol. The van der Waals surface area contributed by atoms with Crippen molar-refractivity contribution >= 4 is 44.6 Å². The number of aromatic nitrogens is 2. The van der Waals surface area contributed by atoms with Crippen LogP contribution in [-0.2, 0) is 53.6 Å². The minimum absolute atomic E-state index is 0. The first-order chi connectivity index (χ1) is 32.6. The van der Waals surface area contributed by atoms with Crippen LogP contribution in [0, 0.1) is 26.2 Å². The average Bonchev–Trinajstić information content (AvgIpc) is 3.83. The fourth-order valence-electron chi connectivity index (χ4n) is 9.86. The smallest absolute Gasteiger partial charge is 0.509 e. The largest absolute Gasteiger partial charge is 4.00 e. The number of fused-ring (bicyclic) bond motifs is 4. The summed E-state index contributed by atoms with van der Waals surface area (Å²) in [5.74, 6) is 2.08. The van der Waals surface area contributed by atoms with Crippen LogP contribution in [0.5, 0.6) is 11.5 Å². The summed E-state index contributed by atoms with van der Waals surface area (Å²) in [6.07, 6.45) is 1.92. The molecule has 9 rings (SSSR count). The third-order valence-corrected chi connectivity index (χ3v) is 14.3. The summed E-state index contributed by atoms with van der Waals surface area (Å²) in [5.41, 5.74) is 14.7. The van der Waals surface area contributed by atoms with Gasteiger partial charge in [0.15, 0.2) is 0 Å². The van der Waals surface area contributed by atoms with E-state index in [-0.39, 0.29) is 61.0 Å². The van der Waals surface area contributed by atoms with E-state index in [9.17, 15) is 0 Å². The molecule has 8 aromatic rings. The van der Waals surface area contributed by atoms with Crippen molar-refractivity contribution in [1.29, 1.82) is 0 Å². The van der Waals surface area contributed by atoms with Gasteiger partial charge in [0.25, 0.3) is 0 Å². The Hall–Kier alpha value is -5.64. The Bertz CT molecular complexity index is 3270. The molecular weight excluding hydrogens is 1060 g/mol. The van der Waals surface area contributed by atoms with Crippen LogP contribution < -0.4 is 14.5 Å². The second kappa shape index (κ2) is 19.0. The molecule has 3 heterocycles. The van der Waals surface area contributed by atoms with E-state index in [0.29, 0.717) is 11.5 Å². The molecule has 5 nitrogen and oxygen atoms in total. The van der Waals surface area contributed by atoms with Crippen molar-refractivity contribution in [3.63, 3.8) is 0 Å². The van der Waals surface area contributed by atoms with Crippen molar-refractivity contribution in [2.24, 2.45) is 0 Å². The molecule has 1 aliphatic heterocycles. The van der Waals surface area contributed by atoms with Crippen LogP contribution in [-0.4, -0.2) is 9.55 Å². The third-order valence-electron chi connectivity index (χ3n) is 14.3. The minimum atomic E-state index is -0.234. The summed E-state index contributed by atoms with van der Waals surface area (Å²) in [6, 6.07) is 51.9. The summed E-state index contributed by atoms with van der Waals surface area (Å²) >= 11 is 0. The van der Waals surface area contributed by atoms with Gasteiger partial charge in [0.2, 0.25) is 0 Å². The molecular formula is C66H76N4OPt. The zero-order valence-corrected chi connectivity index (χ0v) is 48.5. The SMILES string of the molecule is CC(C)(C)c1cc(N2[CH-]N(c3[c-]c(Oc4[c-]c5c(cc4)c4cc(C(C)(C)C)ccc4n5-c4cc(C(C)(C)C)ccn4)ccc3)c3cc(C(C)(C)C)c(C(C)(C)C)cc32)cc(C(C)(C)c2ccccc2)c1.[CH3-].[Pt+4]. The third kappa shape index (κ3) is 10.3. The molecule has 6 heteroatoms. The van der Waals surface area contributed by atoms with Crippen LogP contribution in [0.1, 0.15) is 157 Å². The number of ether oxygens (including phenoxy) is 1. The predicted octanol–water partition coefficient (Wildman–Crippen LogP) is 18.2. The zero-order valence-electron chi connectivity index (χ0n) is 46.2. The number of hydrogen-bond acceptors (Lipinski definition) is 4. The quantitative estimate of drug-likeness (QED) is 0.149. The van der Waals surface area contributed by atoms with E-state index in [1.807, 2.05) is 18.3 Å². The molecule has 0 atom stereocenters. The number of anilines is 4.